The molecule has 1 N–H and O–H groups in total. The lowest BCUT2D eigenvalue weighted by molar-refractivity contribution is -0.123. The minimum Gasteiger partial charge on any atom is -0.448 e. The molecule has 28 heavy (non-hydrogen) atoms. The number of esters is 1. The first-order valence-corrected chi connectivity index (χ1v) is 10.5. The molecule has 0 radical (unpaired) electrons. The van der Waals surface area contributed by atoms with Crippen molar-refractivity contribution in [2.24, 2.45) is 0 Å². The molecule has 1 aliphatic carbocycles. The van der Waals surface area contributed by atoms with Gasteiger partial charge in [0.25, 0.3) is 5.91 Å². The van der Waals surface area contributed by atoms with E-state index in [9.17, 15) is 9.59 Å². The van der Waals surface area contributed by atoms with Gasteiger partial charge in [-0.15, -0.1) is 11.3 Å². The van der Waals surface area contributed by atoms with E-state index < -0.39 is 12.1 Å². The van der Waals surface area contributed by atoms with Gasteiger partial charge in [-0.3, -0.25) is 4.79 Å². The predicted octanol–water partition coefficient (Wildman–Crippen LogP) is 3.26. The van der Waals surface area contributed by atoms with Crippen molar-refractivity contribution in [2.45, 2.75) is 32.3 Å². The van der Waals surface area contributed by atoms with Crippen molar-refractivity contribution < 1.29 is 19.1 Å². The highest BCUT2D eigenvalue weighted by Gasteiger charge is 2.23. The smallest absolute Gasteiger partial charge is 0.349 e. The van der Waals surface area contributed by atoms with Crippen LogP contribution in [0.2, 0.25) is 0 Å². The molecule has 0 spiro atoms. The van der Waals surface area contributed by atoms with E-state index in [1.54, 1.807) is 6.92 Å². The van der Waals surface area contributed by atoms with E-state index in [0.29, 0.717) is 10.6 Å². The number of aryl methyl sites for hydroxylation is 2. The number of benzene rings is 1. The summed E-state index contributed by atoms with van der Waals surface area (Å²) in [6.45, 7) is 4.79. The van der Waals surface area contributed by atoms with Crippen LogP contribution in [0.1, 0.15) is 33.5 Å². The van der Waals surface area contributed by atoms with Crippen LogP contribution in [0.5, 0.6) is 0 Å². The Morgan fingerprint density at radius 2 is 1.93 bits per heavy atom. The van der Waals surface area contributed by atoms with Crippen LogP contribution in [0.3, 0.4) is 0 Å². The number of rotatable bonds is 5. The molecule has 1 fully saturated rings. The van der Waals surface area contributed by atoms with Gasteiger partial charge in [0.1, 0.15) is 4.88 Å². The van der Waals surface area contributed by atoms with Gasteiger partial charge < -0.3 is 19.7 Å². The maximum absolute atomic E-state index is 12.4. The van der Waals surface area contributed by atoms with Crippen LogP contribution in [0, 0.1) is 0 Å². The lowest BCUT2D eigenvalue weighted by Gasteiger charge is -2.28. The quantitative estimate of drug-likeness (QED) is 0.781. The van der Waals surface area contributed by atoms with Crippen molar-refractivity contribution >= 4 is 34.6 Å². The number of nitrogens with one attached hydrogen (secondary N) is 1. The van der Waals surface area contributed by atoms with E-state index in [1.807, 2.05) is 30.3 Å². The van der Waals surface area contributed by atoms with E-state index in [2.05, 4.69) is 10.2 Å². The third-order valence-electron chi connectivity index (χ3n) is 5.11. The molecule has 1 amide bonds. The van der Waals surface area contributed by atoms with Crippen LogP contribution >= 0.6 is 11.3 Å². The molecular weight excluding hydrogens is 376 g/mol. The normalized spacial score (nSPS) is 17.1. The Morgan fingerprint density at radius 3 is 2.64 bits per heavy atom. The largest absolute Gasteiger partial charge is 0.448 e. The van der Waals surface area contributed by atoms with E-state index in [-0.39, 0.29) is 5.91 Å². The van der Waals surface area contributed by atoms with Gasteiger partial charge in [0.2, 0.25) is 0 Å². The molecule has 1 saturated heterocycles. The van der Waals surface area contributed by atoms with Crippen molar-refractivity contribution in [1.82, 2.24) is 0 Å². The lowest BCUT2D eigenvalue weighted by atomic mass is 10.2. The maximum atomic E-state index is 12.4. The summed E-state index contributed by atoms with van der Waals surface area (Å²) in [5.41, 5.74) is 3.03. The van der Waals surface area contributed by atoms with Gasteiger partial charge in [0.05, 0.1) is 13.2 Å². The summed E-state index contributed by atoms with van der Waals surface area (Å²) >= 11 is 1.48. The molecule has 2 aliphatic rings. The Bertz CT molecular complexity index is 834. The SMILES string of the molecule is CC(OC(=O)c1cc2c(s1)CCC2)C(=O)Nc1ccc(N2CCOCC2)cc1. The van der Waals surface area contributed by atoms with Gasteiger partial charge in [0.15, 0.2) is 6.10 Å². The first kappa shape index (κ1) is 19.0. The summed E-state index contributed by atoms with van der Waals surface area (Å²) in [6, 6.07) is 9.59. The van der Waals surface area contributed by atoms with Crippen LogP contribution in [0.4, 0.5) is 11.4 Å². The Kier molecular flexibility index (Phi) is 5.64. The predicted molar refractivity (Wildman–Crippen MR) is 109 cm³/mol. The molecule has 0 bridgehead atoms. The number of carbonyl (C=O) groups excluding carboxylic acids is 2. The van der Waals surface area contributed by atoms with Crippen molar-refractivity contribution in [3.8, 4) is 0 Å². The number of hydrogen-bond acceptors (Lipinski definition) is 6. The zero-order chi connectivity index (χ0) is 19.5. The molecule has 1 unspecified atom stereocenters. The molecule has 1 atom stereocenters. The van der Waals surface area contributed by atoms with Gasteiger partial charge in [-0.25, -0.2) is 4.79 Å². The van der Waals surface area contributed by atoms with Gasteiger partial charge in [-0.2, -0.15) is 0 Å². The molecule has 0 saturated carbocycles. The summed E-state index contributed by atoms with van der Waals surface area (Å²) in [5.74, 6) is -0.763. The first-order chi connectivity index (χ1) is 13.6. The molecule has 1 aromatic carbocycles. The lowest BCUT2D eigenvalue weighted by Crippen LogP contribution is -2.36. The Morgan fingerprint density at radius 1 is 1.18 bits per heavy atom. The topological polar surface area (TPSA) is 67.9 Å². The first-order valence-electron chi connectivity index (χ1n) is 9.66. The van der Waals surface area contributed by atoms with Crippen LogP contribution in [-0.2, 0) is 27.1 Å². The molecule has 7 heteroatoms. The summed E-state index contributed by atoms with van der Waals surface area (Å²) in [6.07, 6.45) is 2.35. The Hall–Kier alpha value is -2.38. The average molecular weight is 401 g/mol. The molecule has 2 heterocycles. The molecule has 148 valence electrons. The van der Waals surface area contributed by atoms with E-state index in [4.69, 9.17) is 9.47 Å². The second kappa shape index (κ2) is 8.32. The van der Waals surface area contributed by atoms with E-state index in [0.717, 1.165) is 51.3 Å². The fraction of sp³-hybridized carbons (Fsp3) is 0.429. The molecule has 6 nitrogen and oxygen atoms in total. The number of carbonyl (C=O) groups is 2. The van der Waals surface area contributed by atoms with Crippen LogP contribution in [0.15, 0.2) is 30.3 Å². The number of fused-ring (bicyclic) bond motifs is 1. The van der Waals surface area contributed by atoms with Crippen molar-refractivity contribution in [3.05, 3.63) is 45.6 Å². The number of morpholine rings is 1. The molecule has 1 aliphatic heterocycles. The Labute approximate surface area is 168 Å². The number of anilines is 2. The van der Waals surface area contributed by atoms with Crippen LogP contribution in [-0.4, -0.2) is 44.3 Å². The van der Waals surface area contributed by atoms with Crippen molar-refractivity contribution in [3.63, 3.8) is 0 Å². The Balaban J connectivity index is 1.31. The van der Waals surface area contributed by atoms with Gasteiger partial charge >= 0.3 is 5.97 Å². The summed E-state index contributed by atoms with van der Waals surface area (Å²) in [5, 5.41) is 2.81. The van der Waals surface area contributed by atoms with Crippen LogP contribution in [0.25, 0.3) is 0 Å². The van der Waals surface area contributed by atoms with E-state index >= 15 is 0 Å². The third kappa shape index (κ3) is 4.20. The number of hydrogen-bond donors (Lipinski definition) is 1. The third-order valence-corrected chi connectivity index (χ3v) is 6.33. The van der Waals surface area contributed by atoms with Gasteiger partial charge in [-0.05, 0) is 62.1 Å². The number of ether oxygens (including phenoxy) is 2. The minimum atomic E-state index is -0.858. The fourth-order valence-electron chi connectivity index (χ4n) is 3.52. The standard InChI is InChI=1S/C21H24N2O4S/c1-14(27-21(25)19-13-15-3-2-4-18(15)28-19)20(24)22-16-5-7-17(8-6-16)23-9-11-26-12-10-23/h5-8,13-14H,2-4,9-12H2,1H3,(H,22,24). The second-order valence-corrected chi connectivity index (χ2v) is 8.23. The number of amides is 1. The fourth-order valence-corrected chi connectivity index (χ4v) is 4.66. The van der Waals surface area contributed by atoms with Crippen molar-refractivity contribution in [1.29, 1.82) is 0 Å². The van der Waals surface area contributed by atoms with Crippen LogP contribution < -0.4 is 10.2 Å². The molecule has 2 aromatic rings. The summed E-state index contributed by atoms with van der Waals surface area (Å²) in [4.78, 5) is 28.8. The zero-order valence-corrected chi connectivity index (χ0v) is 16.7. The van der Waals surface area contributed by atoms with Gasteiger partial charge in [-0.1, -0.05) is 0 Å². The highest BCUT2D eigenvalue weighted by molar-refractivity contribution is 7.14. The minimum absolute atomic E-state index is 0.337. The van der Waals surface area contributed by atoms with Gasteiger partial charge in [0, 0.05) is 29.3 Å². The monoisotopic (exact) mass is 400 g/mol. The molecular formula is C21H24N2O4S. The summed E-state index contributed by atoms with van der Waals surface area (Å²) in [7, 11) is 0. The highest BCUT2D eigenvalue weighted by atomic mass is 32.1. The second-order valence-electron chi connectivity index (χ2n) is 7.10. The maximum Gasteiger partial charge on any atom is 0.349 e. The summed E-state index contributed by atoms with van der Waals surface area (Å²) < 4.78 is 10.7. The number of thiophene rings is 1. The molecule has 4 rings (SSSR count). The van der Waals surface area contributed by atoms with Crippen molar-refractivity contribution in [2.75, 3.05) is 36.5 Å². The molecule has 1 aromatic heterocycles. The van der Waals surface area contributed by atoms with E-state index in [1.165, 1.54) is 21.8 Å². The number of nitrogens with zero attached hydrogens (tertiary/aromatic N) is 1. The zero-order valence-electron chi connectivity index (χ0n) is 15.9. The average Bonchev–Trinajstić information content (AvgIpc) is 3.31. The highest BCUT2D eigenvalue weighted by Crippen LogP contribution is 2.31.